The molecule has 0 aliphatic carbocycles. The zero-order valence-electron chi connectivity index (χ0n) is 10.7. The molecule has 0 saturated heterocycles. The Morgan fingerprint density at radius 2 is 1.88 bits per heavy atom. The molecular formula is C11H22O4Si. The number of hydrogen-bond donors (Lipinski definition) is 0. The van der Waals surface area contributed by atoms with Crippen LogP contribution in [0, 0.1) is 0 Å². The minimum Gasteiger partial charge on any atom is -0.377 e. The number of Topliss-reactive ketones (excluding diaryl/α,β-unsaturated/α-hetero) is 1. The van der Waals surface area contributed by atoms with Gasteiger partial charge in [-0.1, -0.05) is 6.58 Å². The fourth-order valence-corrected chi connectivity index (χ4v) is 3.38. The Morgan fingerprint density at radius 3 is 2.25 bits per heavy atom. The molecule has 5 heteroatoms. The molecule has 4 nitrogen and oxygen atoms in total. The highest BCUT2D eigenvalue weighted by Crippen LogP contribution is 2.18. The Morgan fingerprint density at radius 1 is 1.31 bits per heavy atom. The first-order valence-electron chi connectivity index (χ1n) is 5.44. The second-order valence-corrected chi connectivity index (χ2v) is 6.55. The maximum atomic E-state index is 11.4. The Kier molecular flexibility index (Phi) is 7.49. The molecule has 0 aliphatic rings. The van der Waals surface area contributed by atoms with Crippen molar-refractivity contribution in [2.75, 3.05) is 20.8 Å². The predicted molar refractivity (Wildman–Crippen MR) is 65.3 cm³/mol. The van der Waals surface area contributed by atoms with Crippen molar-refractivity contribution in [3.63, 3.8) is 0 Å². The molecule has 0 heterocycles. The van der Waals surface area contributed by atoms with Gasteiger partial charge < -0.3 is 13.3 Å². The van der Waals surface area contributed by atoms with Gasteiger partial charge in [-0.25, -0.2) is 0 Å². The van der Waals surface area contributed by atoms with Gasteiger partial charge in [0, 0.05) is 33.3 Å². The zero-order valence-corrected chi connectivity index (χ0v) is 11.7. The predicted octanol–water partition coefficient (Wildman–Crippen LogP) is 2.18. The van der Waals surface area contributed by atoms with Gasteiger partial charge in [0.15, 0.2) is 5.78 Å². The molecule has 0 fully saturated rings. The topological polar surface area (TPSA) is 44.8 Å². The van der Waals surface area contributed by atoms with Crippen LogP contribution in [0.3, 0.4) is 0 Å². The summed E-state index contributed by atoms with van der Waals surface area (Å²) in [5, 5.41) is 0. The van der Waals surface area contributed by atoms with Crippen LogP contribution in [0.1, 0.15) is 26.7 Å². The van der Waals surface area contributed by atoms with Crippen LogP contribution < -0.4 is 0 Å². The summed E-state index contributed by atoms with van der Waals surface area (Å²) in [7, 11) is 0.652. The summed E-state index contributed by atoms with van der Waals surface area (Å²) in [6, 6.07) is 0.660. The van der Waals surface area contributed by atoms with Gasteiger partial charge in [0.05, 0.1) is 0 Å². The summed E-state index contributed by atoms with van der Waals surface area (Å²) in [4.78, 5) is 11.4. The van der Waals surface area contributed by atoms with Crippen molar-refractivity contribution < 1.29 is 18.1 Å². The van der Waals surface area contributed by atoms with Crippen LogP contribution in [0.25, 0.3) is 0 Å². The summed E-state index contributed by atoms with van der Waals surface area (Å²) in [5.41, 5.74) is 0.596. The van der Waals surface area contributed by atoms with E-state index in [-0.39, 0.29) is 5.78 Å². The lowest BCUT2D eigenvalue weighted by Gasteiger charge is -2.25. The standard InChI is InChI=1S/C11H22O4Si/c1-6-15-16(13-4,14-5)9-7-8-11(12)10(2)3/h2,6-9H2,1,3-5H3. The average Bonchev–Trinajstić information content (AvgIpc) is 2.27. The van der Waals surface area contributed by atoms with Gasteiger partial charge in [-0.2, -0.15) is 0 Å². The molecule has 0 bridgehead atoms. The van der Waals surface area contributed by atoms with Gasteiger partial charge in [0.1, 0.15) is 0 Å². The van der Waals surface area contributed by atoms with Crippen LogP contribution in [0.2, 0.25) is 6.04 Å². The maximum absolute atomic E-state index is 11.4. The highest BCUT2D eigenvalue weighted by Gasteiger charge is 2.37. The van der Waals surface area contributed by atoms with Crippen molar-refractivity contribution in [2.45, 2.75) is 32.7 Å². The largest absolute Gasteiger partial charge is 0.500 e. The van der Waals surface area contributed by atoms with E-state index in [1.807, 2.05) is 6.92 Å². The van der Waals surface area contributed by atoms with E-state index in [0.717, 1.165) is 0 Å². The molecule has 0 aromatic heterocycles. The van der Waals surface area contributed by atoms with Crippen LogP contribution >= 0.6 is 0 Å². The van der Waals surface area contributed by atoms with Crippen molar-refractivity contribution >= 4 is 14.6 Å². The summed E-state index contributed by atoms with van der Waals surface area (Å²) in [6.07, 6.45) is 1.18. The third-order valence-corrected chi connectivity index (χ3v) is 5.29. The van der Waals surface area contributed by atoms with Gasteiger partial charge in [0.25, 0.3) is 0 Å². The molecule has 0 amide bonds. The molecule has 0 atom stereocenters. The van der Waals surface area contributed by atoms with E-state index in [0.29, 0.717) is 31.1 Å². The van der Waals surface area contributed by atoms with Crippen molar-refractivity contribution in [3.8, 4) is 0 Å². The number of carbonyl (C=O) groups is 1. The summed E-state index contributed by atoms with van der Waals surface area (Å²) < 4.78 is 16.2. The first-order valence-corrected chi connectivity index (χ1v) is 7.37. The zero-order chi connectivity index (χ0) is 12.6. The minimum atomic E-state index is -2.53. The first-order chi connectivity index (χ1) is 7.51. The molecule has 0 aromatic rings. The van der Waals surface area contributed by atoms with Gasteiger partial charge in [-0.3, -0.25) is 4.79 Å². The van der Waals surface area contributed by atoms with E-state index in [2.05, 4.69) is 6.58 Å². The molecule has 16 heavy (non-hydrogen) atoms. The molecule has 0 rings (SSSR count). The smallest absolute Gasteiger partial charge is 0.377 e. The first kappa shape index (κ1) is 15.5. The highest BCUT2D eigenvalue weighted by molar-refractivity contribution is 6.60. The summed E-state index contributed by atoms with van der Waals surface area (Å²) >= 11 is 0. The second kappa shape index (κ2) is 7.73. The third-order valence-electron chi connectivity index (χ3n) is 2.35. The fourth-order valence-electron chi connectivity index (χ4n) is 1.38. The monoisotopic (exact) mass is 246 g/mol. The Hall–Kier alpha value is -0.493. The molecule has 0 radical (unpaired) electrons. The summed E-state index contributed by atoms with van der Waals surface area (Å²) in [5.74, 6) is 0.0894. The van der Waals surface area contributed by atoms with Crippen LogP contribution in [0.5, 0.6) is 0 Å². The van der Waals surface area contributed by atoms with E-state index in [1.165, 1.54) is 0 Å². The Balaban J connectivity index is 4.12. The molecule has 0 aliphatic heterocycles. The lowest BCUT2D eigenvalue weighted by atomic mass is 10.1. The Labute approximate surface area is 99.0 Å². The van der Waals surface area contributed by atoms with Gasteiger partial charge in [-0.05, 0) is 25.8 Å². The molecule has 0 spiro atoms. The van der Waals surface area contributed by atoms with E-state index in [9.17, 15) is 4.79 Å². The van der Waals surface area contributed by atoms with Crippen molar-refractivity contribution in [2.24, 2.45) is 0 Å². The SMILES string of the molecule is C=C(C)C(=O)CCC[Si](OC)(OC)OCC. The van der Waals surface area contributed by atoms with Crippen LogP contribution in [0.4, 0.5) is 0 Å². The van der Waals surface area contributed by atoms with Crippen LogP contribution in [-0.4, -0.2) is 35.4 Å². The number of hydrogen-bond acceptors (Lipinski definition) is 4. The number of carbonyl (C=O) groups excluding carboxylic acids is 1. The second-order valence-electron chi connectivity index (χ2n) is 3.58. The highest BCUT2D eigenvalue weighted by atomic mass is 28.4. The van der Waals surface area contributed by atoms with Crippen molar-refractivity contribution in [3.05, 3.63) is 12.2 Å². The van der Waals surface area contributed by atoms with E-state index in [1.54, 1.807) is 21.1 Å². The number of allylic oxidation sites excluding steroid dienone is 1. The van der Waals surface area contributed by atoms with E-state index < -0.39 is 8.80 Å². The minimum absolute atomic E-state index is 0.0894. The fraction of sp³-hybridized carbons (Fsp3) is 0.727. The molecular weight excluding hydrogens is 224 g/mol. The van der Waals surface area contributed by atoms with Crippen molar-refractivity contribution in [1.29, 1.82) is 0 Å². The molecule has 0 saturated carbocycles. The quantitative estimate of drug-likeness (QED) is 0.462. The lowest BCUT2D eigenvalue weighted by Crippen LogP contribution is -2.43. The van der Waals surface area contributed by atoms with E-state index >= 15 is 0 Å². The van der Waals surface area contributed by atoms with Crippen LogP contribution in [0.15, 0.2) is 12.2 Å². The molecule has 94 valence electrons. The van der Waals surface area contributed by atoms with E-state index in [4.69, 9.17) is 13.3 Å². The Bertz CT molecular complexity index is 236. The van der Waals surface area contributed by atoms with Gasteiger partial charge in [-0.15, -0.1) is 0 Å². The van der Waals surface area contributed by atoms with Crippen molar-refractivity contribution in [1.82, 2.24) is 0 Å². The number of rotatable bonds is 9. The van der Waals surface area contributed by atoms with Gasteiger partial charge in [0.2, 0.25) is 0 Å². The molecule has 0 N–H and O–H groups in total. The lowest BCUT2D eigenvalue weighted by molar-refractivity contribution is -0.115. The third kappa shape index (κ3) is 5.02. The number of ketones is 1. The van der Waals surface area contributed by atoms with Crippen LogP contribution in [-0.2, 0) is 18.1 Å². The summed E-state index contributed by atoms with van der Waals surface area (Å²) in [6.45, 7) is 7.80. The maximum Gasteiger partial charge on any atom is 0.500 e. The molecule has 0 aromatic carbocycles. The van der Waals surface area contributed by atoms with Gasteiger partial charge >= 0.3 is 8.80 Å². The normalized spacial score (nSPS) is 11.5. The molecule has 0 unspecified atom stereocenters. The average molecular weight is 246 g/mol.